The van der Waals surface area contributed by atoms with Crippen LogP contribution < -0.4 is 10.6 Å². The zero-order chi connectivity index (χ0) is 20.4. The highest BCUT2D eigenvalue weighted by Gasteiger charge is 2.34. The molecule has 0 saturated heterocycles. The molecule has 1 heterocycles. The smallest absolute Gasteiger partial charge is 0.394 e. The standard InChI is InChI=1S/C20H21F3N2O3/c1-19(12-26,14-5-3-6-15(10-14)20(21,22)23)25-18(27)24-17-7-2-4-13-11-28-9-8-16(13)17/h2-7,10,26H,8-9,11-12H2,1H3,(H2,24,25,27). The van der Waals surface area contributed by atoms with Gasteiger partial charge < -0.3 is 20.5 Å². The molecule has 150 valence electrons. The van der Waals surface area contributed by atoms with Crippen molar-refractivity contribution in [1.29, 1.82) is 0 Å². The minimum atomic E-state index is -4.51. The minimum absolute atomic E-state index is 0.156. The fourth-order valence-corrected chi connectivity index (χ4v) is 3.18. The normalized spacial score (nSPS) is 16.0. The summed E-state index contributed by atoms with van der Waals surface area (Å²) in [5.74, 6) is 0. The van der Waals surface area contributed by atoms with Gasteiger partial charge in [0.25, 0.3) is 0 Å². The van der Waals surface area contributed by atoms with Crippen LogP contribution in [0.4, 0.5) is 23.7 Å². The number of aliphatic hydroxyl groups excluding tert-OH is 1. The van der Waals surface area contributed by atoms with Crippen molar-refractivity contribution in [2.24, 2.45) is 0 Å². The molecule has 2 aromatic carbocycles. The predicted molar refractivity (Wildman–Crippen MR) is 97.8 cm³/mol. The number of ether oxygens (including phenoxy) is 1. The van der Waals surface area contributed by atoms with Crippen molar-refractivity contribution in [3.63, 3.8) is 0 Å². The van der Waals surface area contributed by atoms with Gasteiger partial charge in [0, 0.05) is 5.69 Å². The molecule has 0 radical (unpaired) electrons. The first-order chi connectivity index (χ1) is 13.2. The number of fused-ring (bicyclic) bond motifs is 1. The van der Waals surface area contributed by atoms with Crippen LogP contribution >= 0.6 is 0 Å². The van der Waals surface area contributed by atoms with Gasteiger partial charge in [-0.15, -0.1) is 0 Å². The number of halogens is 3. The van der Waals surface area contributed by atoms with Crippen LogP contribution in [-0.2, 0) is 29.5 Å². The summed E-state index contributed by atoms with van der Waals surface area (Å²) < 4.78 is 44.4. The van der Waals surface area contributed by atoms with Crippen LogP contribution in [0.25, 0.3) is 0 Å². The summed E-state index contributed by atoms with van der Waals surface area (Å²) in [7, 11) is 0. The Morgan fingerprint density at radius 1 is 1.18 bits per heavy atom. The Kier molecular flexibility index (Phi) is 5.62. The molecule has 0 bridgehead atoms. The second kappa shape index (κ2) is 7.81. The van der Waals surface area contributed by atoms with Gasteiger partial charge in [0.1, 0.15) is 0 Å². The van der Waals surface area contributed by atoms with Gasteiger partial charge in [-0.3, -0.25) is 0 Å². The van der Waals surface area contributed by atoms with Gasteiger partial charge in [-0.25, -0.2) is 4.79 Å². The Morgan fingerprint density at radius 2 is 1.89 bits per heavy atom. The summed E-state index contributed by atoms with van der Waals surface area (Å²) in [5.41, 5.74) is 0.485. The fourth-order valence-electron chi connectivity index (χ4n) is 3.18. The Labute approximate surface area is 160 Å². The number of carbonyl (C=O) groups is 1. The maximum absolute atomic E-state index is 13.0. The van der Waals surface area contributed by atoms with Crippen molar-refractivity contribution >= 4 is 11.7 Å². The number of rotatable bonds is 4. The molecule has 0 fully saturated rings. The molecule has 0 spiro atoms. The first-order valence-electron chi connectivity index (χ1n) is 8.79. The van der Waals surface area contributed by atoms with Crippen LogP contribution in [0.1, 0.15) is 29.2 Å². The van der Waals surface area contributed by atoms with Crippen LogP contribution in [0.3, 0.4) is 0 Å². The Hall–Kier alpha value is -2.58. The first-order valence-corrected chi connectivity index (χ1v) is 8.79. The topological polar surface area (TPSA) is 70.6 Å². The Bertz CT molecular complexity index is 870. The van der Waals surface area contributed by atoms with E-state index in [1.807, 2.05) is 6.07 Å². The lowest BCUT2D eigenvalue weighted by atomic mass is 9.91. The molecule has 5 nitrogen and oxygen atoms in total. The highest BCUT2D eigenvalue weighted by Crippen LogP contribution is 2.32. The second-order valence-electron chi connectivity index (χ2n) is 6.89. The molecule has 3 rings (SSSR count). The monoisotopic (exact) mass is 394 g/mol. The van der Waals surface area contributed by atoms with Gasteiger partial charge in [-0.1, -0.05) is 24.3 Å². The number of alkyl halides is 3. The minimum Gasteiger partial charge on any atom is -0.394 e. The lowest BCUT2D eigenvalue weighted by molar-refractivity contribution is -0.137. The lowest BCUT2D eigenvalue weighted by Gasteiger charge is -2.30. The highest BCUT2D eigenvalue weighted by molar-refractivity contribution is 5.91. The zero-order valence-corrected chi connectivity index (χ0v) is 15.3. The van der Waals surface area contributed by atoms with E-state index in [0.29, 0.717) is 25.3 Å². The van der Waals surface area contributed by atoms with Gasteiger partial charge in [-0.2, -0.15) is 13.2 Å². The van der Waals surface area contributed by atoms with E-state index in [4.69, 9.17) is 4.74 Å². The van der Waals surface area contributed by atoms with Gasteiger partial charge in [-0.05, 0) is 48.2 Å². The average molecular weight is 394 g/mol. The quantitative estimate of drug-likeness (QED) is 0.739. The van der Waals surface area contributed by atoms with Gasteiger partial charge in [0.05, 0.1) is 30.9 Å². The molecular weight excluding hydrogens is 373 g/mol. The summed E-state index contributed by atoms with van der Waals surface area (Å²) in [5, 5.41) is 15.1. The van der Waals surface area contributed by atoms with Crippen molar-refractivity contribution < 1.29 is 27.8 Å². The van der Waals surface area contributed by atoms with Gasteiger partial charge in [0.15, 0.2) is 0 Å². The molecule has 0 aromatic heterocycles. The van der Waals surface area contributed by atoms with E-state index in [0.717, 1.165) is 23.3 Å². The number of hydrogen-bond donors (Lipinski definition) is 3. The number of amides is 2. The van der Waals surface area contributed by atoms with E-state index in [9.17, 15) is 23.1 Å². The van der Waals surface area contributed by atoms with E-state index in [1.165, 1.54) is 19.1 Å². The Morgan fingerprint density at radius 3 is 2.61 bits per heavy atom. The lowest BCUT2D eigenvalue weighted by Crippen LogP contribution is -2.48. The summed E-state index contributed by atoms with van der Waals surface area (Å²) in [6.45, 7) is 1.91. The highest BCUT2D eigenvalue weighted by atomic mass is 19.4. The van der Waals surface area contributed by atoms with Crippen molar-refractivity contribution in [1.82, 2.24) is 5.32 Å². The molecule has 1 aliphatic rings. The third-order valence-corrected chi connectivity index (χ3v) is 4.81. The molecule has 0 saturated carbocycles. The molecule has 1 unspecified atom stereocenters. The van der Waals surface area contributed by atoms with Crippen LogP contribution in [-0.4, -0.2) is 24.4 Å². The largest absolute Gasteiger partial charge is 0.416 e. The number of carbonyl (C=O) groups excluding carboxylic acids is 1. The molecule has 3 N–H and O–H groups in total. The van der Waals surface area contributed by atoms with Gasteiger partial charge >= 0.3 is 12.2 Å². The number of benzene rings is 2. The maximum Gasteiger partial charge on any atom is 0.416 e. The zero-order valence-electron chi connectivity index (χ0n) is 15.3. The third-order valence-electron chi connectivity index (χ3n) is 4.81. The maximum atomic E-state index is 13.0. The van der Waals surface area contributed by atoms with E-state index in [-0.39, 0.29) is 5.56 Å². The molecular formula is C20H21F3N2O3. The summed E-state index contributed by atoms with van der Waals surface area (Å²) in [6, 6.07) is 9.41. The van der Waals surface area contributed by atoms with E-state index in [1.54, 1.807) is 12.1 Å². The van der Waals surface area contributed by atoms with E-state index in [2.05, 4.69) is 10.6 Å². The molecule has 0 aliphatic carbocycles. The van der Waals surface area contributed by atoms with Crippen LogP contribution in [0, 0.1) is 0 Å². The molecule has 28 heavy (non-hydrogen) atoms. The first kappa shape index (κ1) is 20.2. The summed E-state index contributed by atoms with van der Waals surface area (Å²) >= 11 is 0. The number of urea groups is 1. The van der Waals surface area contributed by atoms with E-state index >= 15 is 0 Å². The van der Waals surface area contributed by atoms with Crippen molar-refractivity contribution in [3.8, 4) is 0 Å². The van der Waals surface area contributed by atoms with E-state index < -0.39 is 29.9 Å². The SMILES string of the molecule is CC(CO)(NC(=O)Nc1cccc2c1CCOC2)c1cccc(C(F)(F)F)c1. The third kappa shape index (κ3) is 4.28. The Balaban J connectivity index is 1.80. The molecule has 8 heteroatoms. The summed E-state index contributed by atoms with van der Waals surface area (Å²) in [6.07, 6.45) is -3.86. The number of anilines is 1. The molecule has 2 aromatic rings. The van der Waals surface area contributed by atoms with Gasteiger partial charge in [0.2, 0.25) is 0 Å². The number of hydrogen-bond acceptors (Lipinski definition) is 3. The van der Waals surface area contributed by atoms with Crippen LogP contribution in [0.15, 0.2) is 42.5 Å². The number of nitrogens with one attached hydrogen (secondary N) is 2. The average Bonchev–Trinajstić information content (AvgIpc) is 2.67. The fraction of sp³-hybridized carbons (Fsp3) is 0.350. The molecule has 2 amide bonds. The second-order valence-corrected chi connectivity index (χ2v) is 6.89. The summed E-state index contributed by atoms with van der Waals surface area (Å²) in [4.78, 5) is 12.5. The molecule has 1 aliphatic heterocycles. The predicted octanol–water partition coefficient (Wildman–Crippen LogP) is 3.81. The van der Waals surface area contributed by atoms with Crippen molar-refractivity contribution in [2.45, 2.75) is 31.7 Å². The van der Waals surface area contributed by atoms with Crippen molar-refractivity contribution in [3.05, 3.63) is 64.7 Å². The van der Waals surface area contributed by atoms with Crippen molar-refractivity contribution in [2.75, 3.05) is 18.5 Å². The number of aliphatic hydroxyl groups is 1. The van der Waals surface area contributed by atoms with Crippen LogP contribution in [0.2, 0.25) is 0 Å². The molecule has 1 atom stereocenters. The van der Waals surface area contributed by atoms with Crippen LogP contribution in [0.5, 0.6) is 0 Å².